The fourth-order valence-corrected chi connectivity index (χ4v) is 2.74. The minimum Gasteiger partial charge on any atom is -0.452 e. The number of anilines is 1. The van der Waals surface area contributed by atoms with Crippen molar-refractivity contribution in [3.8, 4) is 0 Å². The molecule has 2 amide bonds. The number of carbonyl (C=O) groups is 3. The van der Waals surface area contributed by atoms with E-state index in [1.807, 2.05) is 6.92 Å². The molecule has 0 radical (unpaired) electrons. The highest BCUT2D eigenvalue weighted by atomic mass is 16.5. The molecule has 1 saturated carbocycles. The van der Waals surface area contributed by atoms with Gasteiger partial charge in [0.25, 0.3) is 11.8 Å². The van der Waals surface area contributed by atoms with Crippen LogP contribution in [0.2, 0.25) is 0 Å². The minimum atomic E-state index is -0.606. The van der Waals surface area contributed by atoms with Crippen molar-refractivity contribution >= 4 is 23.5 Å². The van der Waals surface area contributed by atoms with E-state index >= 15 is 0 Å². The van der Waals surface area contributed by atoms with Crippen LogP contribution in [0.15, 0.2) is 48.6 Å². The molecule has 0 aliphatic heterocycles. The standard InChI is InChI=1S/C20H24N2O4/c1-2-3-4-13-19(24)26-14-18(23)22-17-12-8-7-11-16(17)20(25)21-15-9-5-6-10-15/h2-4,7-8,11-13,15H,5-6,9-10,14H2,1H3,(H,21,25)(H,22,23)/b3-2+,13-4+. The maximum Gasteiger partial charge on any atom is 0.331 e. The number of hydrogen-bond donors (Lipinski definition) is 2. The predicted molar refractivity (Wildman–Crippen MR) is 99.7 cm³/mol. The van der Waals surface area contributed by atoms with Crippen molar-refractivity contribution in [3.05, 3.63) is 54.1 Å². The Labute approximate surface area is 153 Å². The van der Waals surface area contributed by atoms with Crippen LogP contribution in [0.4, 0.5) is 5.69 Å². The van der Waals surface area contributed by atoms with Gasteiger partial charge in [-0.15, -0.1) is 0 Å². The summed E-state index contributed by atoms with van der Waals surface area (Å²) in [7, 11) is 0. The second-order valence-corrected chi connectivity index (χ2v) is 6.04. The van der Waals surface area contributed by atoms with Crippen LogP contribution in [0.3, 0.4) is 0 Å². The van der Waals surface area contributed by atoms with Crippen LogP contribution in [0, 0.1) is 0 Å². The first-order valence-electron chi connectivity index (χ1n) is 8.76. The summed E-state index contributed by atoms with van der Waals surface area (Å²) in [4.78, 5) is 35.9. The Morgan fingerprint density at radius 1 is 1.15 bits per heavy atom. The third-order valence-electron chi connectivity index (χ3n) is 4.02. The summed E-state index contributed by atoms with van der Waals surface area (Å²) in [6.45, 7) is 1.40. The Morgan fingerprint density at radius 3 is 2.62 bits per heavy atom. The van der Waals surface area contributed by atoms with Crippen LogP contribution >= 0.6 is 0 Å². The Morgan fingerprint density at radius 2 is 1.88 bits per heavy atom. The van der Waals surface area contributed by atoms with Gasteiger partial charge in [-0.2, -0.15) is 0 Å². The lowest BCUT2D eigenvalue weighted by Gasteiger charge is -2.15. The van der Waals surface area contributed by atoms with E-state index in [0.717, 1.165) is 25.7 Å². The topological polar surface area (TPSA) is 84.5 Å². The number of carbonyl (C=O) groups excluding carboxylic acids is 3. The van der Waals surface area contributed by atoms with E-state index in [1.54, 1.807) is 36.4 Å². The number of benzene rings is 1. The molecule has 1 aliphatic rings. The molecule has 0 heterocycles. The number of hydrogen-bond acceptors (Lipinski definition) is 4. The van der Waals surface area contributed by atoms with E-state index in [1.165, 1.54) is 12.2 Å². The molecule has 1 aliphatic carbocycles. The van der Waals surface area contributed by atoms with Crippen molar-refractivity contribution in [1.82, 2.24) is 5.32 Å². The highest BCUT2D eigenvalue weighted by Gasteiger charge is 2.20. The molecule has 26 heavy (non-hydrogen) atoms. The number of rotatable bonds is 7. The zero-order valence-electron chi connectivity index (χ0n) is 14.9. The quantitative estimate of drug-likeness (QED) is 0.447. The van der Waals surface area contributed by atoms with Crippen LogP contribution in [0.1, 0.15) is 43.0 Å². The lowest BCUT2D eigenvalue weighted by molar-refractivity contribution is -0.142. The van der Waals surface area contributed by atoms with Gasteiger partial charge < -0.3 is 15.4 Å². The number of nitrogens with one attached hydrogen (secondary N) is 2. The predicted octanol–water partition coefficient (Wildman–Crippen LogP) is 2.97. The summed E-state index contributed by atoms with van der Waals surface area (Å²) in [5.41, 5.74) is 0.792. The molecule has 2 N–H and O–H groups in total. The molecule has 0 aromatic heterocycles. The molecule has 138 valence electrons. The van der Waals surface area contributed by atoms with Crippen LogP contribution in [0.25, 0.3) is 0 Å². The SMILES string of the molecule is C/C=C/C=C/C(=O)OCC(=O)Nc1ccccc1C(=O)NC1CCCC1. The fraction of sp³-hybridized carbons (Fsp3) is 0.350. The Kier molecular flexibility index (Phi) is 7.61. The van der Waals surface area contributed by atoms with Gasteiger partial charge >= 0.3 is 5.97 Å². The first kappa shape index (κ1) is 19.4. The lowest BCUT2D eigenvalue weighted by atomic mass is 10.1. The molecular formula is C20H24N2O4. The molecule has 0 unspecified atom stereocenters. The summed E-state index contributed by atoms with van der Waals surface area (Å²) in [6.07, 6.45) is 10.4. The maximum atomic E-state index is 12.5. The van der Waals surface area contributed by atoms with Crippen molar-refractivity contribution in [2.75, 3.05) is 11.9 Å². The molecule has 2 rings (SSSR count). The molecule has 0 saturated heterocycles. The van der Waals surface area contributed by atoms with Crippen molar-refractivity contribution < 1.29 is 19.1 Å². The molecule has 0 bridgehead atoms. The van der Waals surface area contributed by atoms with Crippen molar-refractivity contribution in [1.29, 1.82) is 0 Å². The Balaban J connectivity index is 1.91. The first-order valence-corrected chi connectivity index (χ1v) is 8.76. The van der Waals surface area contributed by atoms with Gasteiger partial charge in [-0.1, -0.05) is 43.2 Å². The van der Waals surface area contributed by atoms with Crippen molar-refractivity contribution in [2.24, 2.45) is 0 Å². The van der Waals surface area contributed by atoms with Gasteiger partial charge in [0.15, 0.2) is 6.61 Å². The number of ether oxygens (including phenoxy) is 1. The van der Waals surface area contributed by atoms with Crippen molar-refractivity contribution in [2.45, 2.75) is 38.6 Å². The highest BCUT2D eigenvalue weighted by molar-refractivity contribution is 6.04. The van der Waals surface area contributed by atoms with Gasteiger partial charge in [0.1, 0.15) is 0 Å². The average molecular weight is 356 g/mol. The van der Waals surface area contributed by atoms with E-state index < -0.39 is 18.5 Å². The van der Waals surface area contributed by atoms with Gasteiger partial charge in [-0.25, -0.2) is 4.79 Å². The van der Waals surface area contributed by atoms with E-state index in [9.17, 15) is 14.4 Å². The summed E-state index contributed by atoms with van der Waals surface area (Å²) in [5.74, 6) is -1.32. The van der Waals surface area contributed by atoms with Crippen molar-refractivity contribution in [3.63, 3.8) is 0 Å². The number of para-hydroxylation sites is 1. The first-order chi connectivity index (χ1) is 12.6. The molecule has 0 atom stereocenters. The zero-order valence-corrected chi connectivity index (χ0v) is 14.9. The smallest absolute Gasteiger partial charge is 0.331 e. The van der Waals surface area contributed by atoms with E-state index in [-0.39, 0.29) is 11.9 Å². The van der Waals surface area contributed by atoms with E-state index in [4.69, 9.17) is 4.74 Å². The Bertz CT molecular complexity index is 704. The van der Waals surface area contributed by atoms with E-state index in [2.05, 4.69) is 10.6 Å². The Hall–Kier alpha value is -2.89. The number of esters is 1. The van der Waals surface area contributed by atoms with Gasteiger partial charge in [0, 0.05) is 12.1 Å². The summed E-state index contributed by atoms with van der Waals surface area (Å²) < 4.78 is 4.86. The van der Waals surface area contributed by atoms with E-state index in [0.29, 0.717) is 11.3 Å². The maximum absolute atomic E-state index is 12.5. The average Bonchev–Trinajstić information content (AvgIpc) is 3.13. The molecule has 1 aromatic rings. The molecule has 6 heteroatoms. The normalized spacial score (nSPS) is 14.7. The molecule has 1 fully saturated rings. The van der Waals surface area contributed by atoms with Crippen LogP contribution < -0.4 is 10.6 Å². The van der Waals surface area contributed by atoms with Gasteiger partial charge in [0.2, 0.25) is 0 Å². The molecule has 6 nitrogen and oxygen atoms in total. The van der Waals surface area contributed by atoms with Crippen LogP contribution in [-0.2, 0) is 14.3 Å². The third-order valence-corrected chi connectivity index (χ3v) is 4.02. The summed E-state index contributed by atoms with van der Waals surface area (Å²) >= 11 is 0. The monoisotopic (exact) mass is 356 g/mol. The summed E-state index contributed by atoms with van der Waals surface area (Å²) in [6, 6.07) is 6.97. The molecule has 0 spiro atoms. The second kappa shape index (κ2) is 10.2. The third kappa shape index (κ3) is 6.20. The minimum absolute atomic E-state index is 0.191. The number of allylic oxidation sites excluding steroid dienone is 3. The lowest BCUT2D eigenvalue weighted by Crippen LogP contribution is -2.33. The summed E-state index contributed by atoms with van der Waals surface area (Å²) in [5, 5.41) is 5.62. The number of amides is 2. The zero-order chi connectivity index (χ0) is 18.8. The molecular weight excluding hydrogens is 332 g/mol. The fourth-order valence-electron chi connectivity index (χ4n) is 2.74. The van der Waals surface area contributed by atoms with Crippen LogP contribution in [0.5, 0.6) is 0 Å². The van der Waals surface area contributed by atoms with Gasteiger partial charge in [-0.05, 0) is 31.9 Å². The highest BCUT2D eigenvalue weighted by Crippen LogP contribution is 2.20. The largest absolute Gasteiger partial charge is 0.452 e. The second-order valence-electron chi connectivity index (χ2n) is 6.04. The molecule has 1 aromatic carbocycles. The van der Waals surface area contributed by atoms with Gasteiger partial charge in [-0.3, -0.25) is 9.59 Å². The van der Waals surface area contributed by atoms with Crippen LogP contribution in [-0.4, -0.2) is 30.4 Å². The van der Waals surface area contributed by atoms with Gasteiger partial charge in [0.05, 0.1) is 11.3 Å².